The van der Waals surface area contributed by atoms with Gasteiger partial charge in [-0.2, -0.15) is 0 Å². The smallest absolute Gasteiger partial charge is 0.188 e. The van der Waals surface area contributed by atoms with E-state index in [9.17, 15) is 4.39 Å². The highest BCUT2D eigenvalue weighted by Crippen LogP contribution is 2.22. The molecule has 0 atom stereocenters. The molecule has 1 heterocycles. The molecule has 6 heteroatoms. The van der Waals surface area contributed by atoms with E-state index in [4.69, 9.17) is 5.73 Å². The lowest BCUT2D eigenvalue weighted by molar-refractivity contribution is 0.270. The third kappa shape index (κ3) is 5.10. The van der Waals surface area contributed by atoms with Crippen LogP contribution in [0.3, 0.4) is 0 Å². The molecule has 23 heavy (non-hydrogen) atoms. The highest BCUT2D eigenvalue weighted by molar-refractivity contribution is 5.77. The Morgan fingerprint density at radius 2 is 2.00 bits per heavy atom. The van der Waals surface area contributed by atoms with Crippen LogP contribution in [-0.2, 0) is 6.54 Å². The molecule has 0 radical (unpaired) electrons. The molecular formula is C17H28FN5. The number of benzene rings is 1. The number of halogens is 1. The van der Waals surface area contributed by atoms with Crippen molar-refractivity contribution in [1.29, 1.82) is 0 Å². The summed E-state index contributed by atoms with van der Waals surface area (Å²) in [7, 11) is 0. The first-order valence-electron chi connectivity index (χ1n) is 8.43. The topological polar surface area (TPSA) is 56.9 Å². The second kappa shape index (κ2) is 8.72. The van der Waals surface area contributed by atoms with Crippen LogP contribution in [0.25, 0.3) is 0 Å². The fourth-order valence-electron chi connectivity index (χ4n) is 2.70. The van der Waals surface area contributed by atoms with E-state index in [0.29, 0.717) is 18.2 Å². The maximum Gasteiger partial charge on any atom is 0.188 e. The number of piperazine rings is 1. The average molecular weight is 321 g/mol. The van der Waals surface area contributed by atoms with Crippen molar-refractivity contribution in [3.05, 3.63) is 29.6 Å². The van der Waals surface area contributed by atoms with E-state index in [0.717, 1.165) is 51.3 Å². The Bertz CT molecular complexity index is 524. The maximum atomic E-state index is 14.4. The van der Waals surface area contributed by atoms with Crippen molar-refractivity contribution < 1.29 is 4.39 Å². The zero-order chi connectivity index (χ0) is 16.7. The predicted molar refractivity (Wildman–Crippen MR) is 94.3 cm³/mol. The lowest BCUT2D eigenvalue weighted by atomic mass is 10.1. The van der Waals surface area contributed by atoms with Crippen LogP contribution in [0.5, 0.6) is 0 Å². The van der Waals surface area contributed by atoms with E-state index in [-0.39, 0.29) is 5.82 Å². The van der Waals surface area contributed by atoms with Gasteiger partial charge in [0.15, 0.2) is 5.96 Å². The molecule has 2 rings (SSSR count). The minimum Gasteiger partial charge on any atom is -0.370 e. The van der Waals surface area contributed by atoms with E-state index >= 15 is 0 Å². The summed E-state index contributed by atoms with van der Waals surface area (Å²) in [6, 6.07) is 5.36. The molecule has 5 nitrogen and oxygen atoms in total. The largest absolute Gasteiger partial charge is 0.370 e. The van der Waals surface area contributed by atoms with Gasteiger partial charge in [-0.05, 0) is 30.7 Å². The molecule has 128 valence electrons. The van der Waals surface area contributed by atoms with Gasteiger partial charge in [-0.25, -0.2) is 9.38 Å². The highest BCUT2D eigenvalue weighted by atomic mass is 19.1. The molecule has 0 amide bonds. The first-order chi connectivity index (χ1) is 11.1. The molecule has 0 bridgehead atoms. The molecule has 0 aliphatic carbocycles. The van der Waals surface area contributed by atoms with Gasteiger partial charge in [0.05, 0.1) is 12.2 Å². The molecule has 1 fully saturated rings. The Balaban J connectivity index is 1.95. The normalized spacial score (nSPS) is 16.7. The van der Waals surface area contributed by atoms with Crippen molar-refractivity contribution in [2.75, 3.05) is 44.2 Å². The van der Waals surface area contributed by atoms with Crippen molar-refractivity contribution >= 4 is 11.6 Å². The van der Waals surface area contributed by atoms with Gasteiger partial charge in [-0.3, -0.25) is 0 Å². The minimum atomic E-state index is -0.178. The number of nitrogens with zero attached hydrogens (tertiary/aromatic N) is 3. The summed E-state index contributed by atoms with van der Waals surface area (Å²) in [5.41, 5.74) is 7.27. The number of nitrogens with one attached hydrogen (secondary N) is 1. The Morgan fingerprint density at radius 3 is 2.61 bits per heavy atom. The van der Waals surface area contributed by atoms with Crippen LogP contribution in [0.15, 0.2) is 23.2 Å². The van der Waals surface area contributed by atoms with Gasteiger partial charge in [0.1, 0.15) is 5.82 Å². The van der Waals surface area contributed by atoms with Crippen molar-refractivity contribution in [3.63, 3.8) is 0 Å². The molecule has 3 N–H and O–H groups in total. The number of aliphatic imine (C=N–C) groups is 1. The van der Waals surface area contributed by atoms with Crippen molar-refractivity contribution in [3.8, 4) is 0 Å². The van der Waals surface area contributed by atoms with Crippen molar-refractivity contribution in [2.45, 2.75) is 26.8 Å². The van der Waals surface area contributed by atoms with Gasteiger partial charge in [0.25, 0.3) is 0 Å². The summed E-state index contributed by atoms with van der Waals surface area (Å²) < 4.78 is 14.4. The monoisotopic (exact) mass is 321 g/mol. The number of hydrogen-bond donors (Lipinski definition) is 2. The lowest BCUT2D eigenvalue weighted by Crippen LogP contribution is -2.46. The predicted octanol–water partition coefficient (Wildman–Crippen LogP) is 1.78. The zero-order valence-electron chi connectivity index (χ0n) is 14.2. The number of anilines is 1. The minimum absolute atomic E-state index is 0.178. The van der Waals surface area contributed by atoms with Crippen molar-refractivity contribution in [1.82, 2.24) is 10.2 Å². The van der Waals surface area contributed by atoms with E-state index in [1.165, 1.54) is 0 Å². The van der Waals surface area contributed by atoms with Crippen LogP contribution in [0.2, 0.25) is 0 Å². The number of guanidine groups is 1. The molecule has 0 saturated carbocycles. The maximum absolute atomic E-state index is 14.4. The molecule has 1 aromatic rings. The summed E-state index contributed by atoms with van der Waals surface area (Å²) in [5, 5.41) is 3.01. The summed E-state index contributed by atoms with van der Waals surface area (Å²) >= 11 is 0. The molecule has 1 aliphatic heterocycles. The zero-order valence-corrected chi connectivity index (χ0v) is 14.2. The second-order valence-electron chi connectivity index (χ2n) is 5.84. The Hall–Kier alpha value is -1.82. The molecular weight excluding hydrogens is 293 g/mol. The second-order valence-corrected chi connectivity index (χ2v) is 5.84. The summed E-state index contributed by atoms with van der Waals surface area (Å²) in [6.45, 7) is 10.2. The summed E-state index contributed by atoms with van der Waals surface area (Å²) in [4.78, 5) is 8.73. The van der Waals surface area contributed by atoms with Crippen LogP contribution >= 0.6 is 0 Å². The Labute approximate surface area is 138 Å². The molecule has 1 aromatic carbocycles. The van der Waals surface area contributed by atoms with Crippen LogP contribution in [0.1, 0.15) is 25.8 Å². The number of likely N-dealkylation sites (N-methyl/N-ethyl adjacent to an activating group) is 1. The molecule has 1 saturated heterocycles. The first-order valence-corrected chi connectivity index (χ1v) is 8.43. The summed E-state index contributed by atoms with van der Waals surface area (Å²) in [6.07, 6.45) is 0.991. The Kier molecular flexibility index (Phi) is 6.65. The number of rotatable bonds is 6. The standard InChI is InChI=1S/C17H28FN5/c1-3-7-20-17(19)21-13-14-5-6-16(15(18)12-14)23-10-8-22(4-2)9-11-23/h5-6,12H,3-4,7-11,13H2,1-2H3,(H3,19,20,21). The van der Waals surface area contributed by atoms with Gasteiger partial charge in [0, 0.05) is 32.7 Å². The van der Waals surface area contributed by atoms with Gasteiger partial charge in [0.2, 0.25) is 0 Å². The average Bonchev–Trinajstić information content (AvgIpc) is 2.58. The van der Waals surface area contributed by atoms with Crippen LogP contribution in [0.4, 0.5) is 10.1 Å². The van der Waals surface area contributed by atoms with E-state index in [1.807, 2.05) is 12.1 Å². The SMILES string of the molecule is CCCNC(N)=NCc1ccc(N2CCN(CC)CC2)c(F)c1. The number of nitrogens with two attached hydrogens (primary N) is 1. The summed E-state index contributed by atoms with van der Waals surface area (Å²) in [5.74, 6) is 0.231. The first kappa shape index (κ1) is 17.5. The highest BCUT2D eigenvalue weighted by Gasteiger charge is 2.18. The third-order valence-corrected chi connectivity index (χ3v) is 4.16. The molecule has 1 aliphatic rings. The number of hydrogen-bond acceptors (Lipinski definition) is 3. The molecule has 0 aromatic heterocycles. The fraction of sp³-hybridized carbons (Fsp3) is 0.588. The van der Waals surface area contributed by atoms with E-state index in [2.05, 4.69) is 34.0 Å². The van der Waals surface area contributed by atoms with Crippen LogP contribution < -0.4 is 16.0 Å². The van der Waals surface area contributed by atoms with Crippen LogP contribution in [-0.4, -0.2) is 50.1 Å². The van der Waals surface area contributed by atoms with Gasteiger partial charge < -0.3 is 20.9 Å². The van der Waals surface area contributed by atoms with E-state index in [1.54, 1.807) is 6.07 Å². The van der Waals surface area contributed by atoms with E-state index < -0.39 is 0 Å². The molecule has 0 unspecified atom stereocenters. The fourth-order valence-corrected chi connectivity index (χ4v) is 2.70. The van der Waals surface area contributed by atoms with Gasteiger partial charge in [-0.1, -0.05) is 19.9 Å². The van der Waals surface area contributed by atoms with Gasteiger partial charge in [-0.15, -0.1) is 0 Å². The Morgan fingerprint density at radius 1 is 1.26 bits per heavy atom. The van der Waals surface area contributed by atoms with Crippen molar-refractivity contribution in [2.24, 2.45) is 10.7 Å². The van der Waals surface area contributed by atoms with Crippen LogP contribution in [0, 0.1) is 5.82 Å². The van der Waals surface area contributed by atoms with Gasteiger partial charge >= 0.3 is 0 Å². The lowest BCUT2D eigenvalue weighted by Gasteiger charge is -2.35. The third-order valence-electron chi connectivity index (χ3n) is 4.16. The molecule has 0 spiro atoms. The quantitative estimate of drug-likeness (QED) is 0.619.